The summed E-state index contributed by atoms with van der Waals surface area (Å²) < 4.78 is 5.02. The van der Waals surface area contributed by atoms with Gasteiger partial charge in [-0.3, -0.25) is 14.5 Å². The zero-order valence-electron chi connectivity index (χ0n) is 12.4. The SMILES string of the molecule is CCOC(=O)C(C)(C)N(C)CC(=O)NCc1cccs1. The van der Waals surface area contributed by atoms with E-state index in [0.717, 1.165) is 4.88 Å². The first kappa shape index (κ1) is 16.7. The van der Waals surface area contributed by atoms with Crippen LogP contribution < -0.4 is 5.32 Å². The Kier molecular flexibility index (Phi) is 6.16. The van der Waals surface area contributed by atoms with E-state index in [1.54, 1.807) is 44.1 Å². The van der Waals surface area contributed by atoms with Gasteiger partial charge in [-0.2, -0.15) is 0 Å². The zero-order chi connectivity index (χ0) is 15.2. The number of hydrogen-bond donors (Lipinski definition) is 1. The van der Waals surface area contributed by atoms with Gasteiger partial charge in [0.2, 0.25) is 5.91 Å². The van der Waals surface area contributed by atoms with Crippen molar-refractivity contribution in [3.8, 4) is 0 Å². The molecule has 1 rings (SSSR count). The number of nitrogens with zero attached hydrogens (tertiary/aromatic N) is 1. The molecule has 0 spiro atoms. The number of ether oxygens (including phenoxy) is 1. The second kappa shape index (κ2) is 7.40. The molecule has 1 aromatic heterocycles. The topological polar surface area (TPSA) is 58.6 Å². The standard InChI is InChI=1S/C14H22N2O3S/c1-5-19-13(18)14(2,3)16(4)10-12(17)15-9-11-7-6-8-20-11/h6-8H,5,9-10H2,1-4H3,(H,15,17). The fraction of sp³-hybridized carbons (Fsp3) is 0.571. The molecule has 20 heavy (non-hydrogen) atoms. The van der Waals surface area contributed by atoms with Crippen LogP contribution in [0.1, 0.15) is 25.6 Å². The third-order valence-electron chi connectivity index (χ3n) is 3.15. The molecule has 0 aromatic carbocycles. The Morgan fingerprint density at radius 3 is 2.70 bits per heavy atom. The molecule has 1 N–H and O–H groups in total. The molecule has 0 unspecified atom stereocenters. The van der Waals surface area contributed by atoms with Gasteiger partial charge in [0, 0.05) is 4.88 Å². The molecule has 0 atom stereocenters. The summed E-state index contributed by atoms with van der Waals surface area (Å²) in [4.78, 5) is 26.5. The van der Waals surface area contributed by atoms with Gasteiger partial charge in [-0.25, -0.2) is 0 Å². The summed E-state index contributed by atoms with van der Waals surface area (Å²) in [5.41, 5.74) is -0.823. The van der Waals surface area contributed by atoms with E-state index in [-0.39, 0.29) is 18.4 Å². The second-order valence-corrected chi connectivity index (χ2v) is 6.02. The predicted molar refractivity (Wildman–Crippen MR) is 79.5 cm³/mol. The Morgan fingerprint density at radius 1 is 1.45 bits per heavy atom. The van der Waals surface area contributed by atoms with Crippen LogP contribution in [0.3, 0.4) is 0 Å². The van der Waals surface area contributed by atoms with Crippen molar-refractivity contribution in [1.82, 2.24) is 10.2 Å². The molecule has 1 heterocycles. The number of nitrogens with one attached hydrogen (secondary N) is 1. The molecule has 112 valence electrons. The minimum Gasteiger partial charge on any atom is -0.465 e. The number of esters is 1. The van der Waals surface area contributed by atoms with Gasteiger partial charge in [-0.1, -0.05) is 6.07 Å². The number of amides is 1. The van der Waals surface area contributed by atoms with Crippen molar-refractivity contribution in [2.75, 3.05) is 20.2 Å². The number of thiophene rings is 1. The maximum Gasteiger partial charge on any atom is 0.325 e. The lowest BCUT2D eigenvalue weighted by Crippen LogP contribution is -2.52. The van der Waals surface area contributed by atoms with Crippen molar-refractivity contribution in [3.05, 3.63) is 22.4 Å². The summed E-state index contributed by atoms with van der Waals surface area (Å²) in [7, 11) is 1.74. The monoisotopic (exact) mass is 298 g/mol. The lowest BCUT2D eigenvalue weighted by atomic mass is 10.0. The fourth-order valence-electron chi connectivity index (χ4n) is 1.53. The summed E-state index contributed by atoms with van der Waals surface area (Å²) in [6.45, 7) is 6.26. The van der Waals surface area contributed by atoms with Gasteiger partial charge in [0.25, 0.3) is 0 Å². The van der Waals surface area contributed by atoms with Gasteiger partial charge < -0.3 is 10.1 Å². The van der Waals surface area contributed by atoms with Crippen molar-refractivity contribution in [3.63, 3.8) is 0 Å². The minimum atomic E-state index is -0.823. The molecule has 0 aliphatic carbocycles. The predicted octanol–water partition coefficient (Wildman–Crippen LogP) is 1.64. The Morgan fingerprint density at radius 2 is 2.15 bits per heavy atom. The van der Waals surface area contributed by atoms with Crippen molar-refractivity contribution in [2.24, 2.45) is 0 Å². The quantitative estimate of drug-likeness (QED) is 0.778. The summed E-state index contributed by atoms with van der Waals surface area (Å²) in [5.74, 6) is -0.438. The number of rotatable bonds is 7. The average Bonchev–Trinajstić information content (AvgIpc) is 2.89. The van der Waals surface area contributed by atoms with Crippen LogP contribution in [-0.2, 0) is 20.9 Å². The van der Waals surface area contributed by atoms with Crippen molar-refractivity contribution in [2.45, 2.75) is 32.9 Å². The lowest BCUT2D eigenvalue weighted by Gasteiger charge is -2.32. The number of carbonyl (C=O) groups is 2. The van der Waals surface area contributed by atoms with E-state index in [1.165, 1.54) is 0 Å². The van der Waals surface area contributed by atoms with E-state index in [9.17, 15) is 9.59 Å². The Balaban J connectivity index is 2.45. The van der Waals surface area contributed by atoms with E-state index in [2.05, 4.69) is 5.32 Å². The number of hydrogen-bond acceptors (Lipinski definition) is 5. The van der Waals surface area contributed by atoms with Crippen LogP contribution >= 0.6 is 11.3 Å². The van der Waals surface area contributed by atoms with Crippen molar-refractivity contribution >= 4 is 23.2 Å². The highest BCUT2D eigenvalue weighted by atomic mass is 32.1. The molecule has 0 saturated carbocycles. The molecule has 6 heteroatoms. The average molecular weight is 298 g/mol. The van der Waals surface area contributed by atoms with Gasteiger partial charge in [0.15, 0.2) is 0 Å². The first-order valence-electron chi connectivity index (χ1n) is 6.55. The van der Waals surface area contributed by atoms with Gasteiger partial charge in [0.05, 0.1) is 19.7 Å². The molecule has 1 amide bonds. The smallest absolute Gasteiger partial charge is 0.325 e. The van der Waals surface area contributed by atoms with Crippen molar-refractivity contribution < 1.29 is 14.3 Å². The molecule has 0 aliphatic heterocycles. The maximum absolute atomic E-state index is 11.9. The van der Waals surface area contributed by atoms with Gasteiger partial charge >= 0.3 is 5.97 Å². The largest absolute Gasteiger partial charge is 0.465 e. The normalized spacial score (nSPS) is 11.4. The fourth-order valence-corrected chi connectivity index (χ4v) is 2.18. The van der Waals surface area contributed by atoms with E-state index < -0.39 is 5.54 Å². The van der Waals surface area contributed by atoms with Crippen LogP contribution in [0.4, 0.5) is 0 Å². The first-order chi connectivity index (χ1) is 9.37. The third kappa shape index (κ3) is 4.61. The molecule has 5 nitrogen and oxygen atoms in total. The van der Waals surface area contributed by atoms with Gasteiger partial charge in [0.1, 0.15) is 5.54 Å². The van der Waals surface area contributed by atoms with Crippen LogP contribution in [0.5, 0.6) is 0 Å². The van der Waals surface area contributed by atoms with E-state index in [4.69, 9.17) is 4.74 Å². The second-order valence-electron chi connectivity index (χ2n) is 4.99. The first-order valence-corrected chi connectivity index (χ1v) is 7.43. The van der Waals surface area contributed by atoms with Crippen LogP contribution in [0, 0.1) is 0 Å². The van der Waals surface area contributed by atoms with E-state index >= 15 is 0 Å². The molecule has 0 aliphatic rings. The highest BCUT2D eigenvalue weighted by Crippen LogP contribution is 2.14. The molecule has 0 saturated heterocycles. The van der Waals surface area contributed by atoms with E-state index in [1.807, 2.05) is 17.5 Å². The van der Waals surface area contributed by atoms with Gasteiger partial charge in [-0.05, 0) is 39.3 Å². The Labute approximate surface area is 123 Å². The molecular formula is C14H22N2O3S. The van der Waals surface area contributed by atoms with Gasteiger partial charge in [-0.15, -0.1) is 11.3 Å². The zero-order valence-corrected chi connectivity index (χ0v) is 13.3. The van der Waals surface area contributed by atoms with E-state index in [0.29, 0.717) is 13.2 Å². The van der Waals surface area contributed by atoms with Crippen LogP contribution in [-0.4, -0.2) is 42.5 Å². The summed E-state index contributed by atoms with van der Waals surface area (Å²) >= 11 is 1.60. The molecule has 0 bridgehead atoms. The molecular weight excluding hydrogens is 276 g/mol. The Hall–Kier alpha value is -1.40. The summed E-state index contributed by atoms with van der Waals surface area (Å²) in [6.07, 6.45) is 0. The van der Waals surface area contributed by atoms with Crippen LogP contribution in [0.15, 0.2) is 17.5 Å². The van der Waals surface area contributed by atoms with Crippen LogP contribution in [0.25, 0.3) is 0 Å². The summed E-state index contributed by atoms with van der Waals surface area (Å²) in [6, 6.07) is 3.92. The number of likely N-dealkylation sites (N-methyl/N-ethyl adjacent to an activating group) is 1. The maximum atomic E-state index is 11.9. The number of carbonyl (C=O) groups excluding carboxylic acids is 2. The summed E-state index contributed by atoms with van der Waals surface area (Å²) in [5, 5.41) is 4.81. The highest BCUT2D eigenvalue weighted by molar-refractivity contribution is 7.09. The highest BCUT2D eigenvalue weighted by Gasteiger charge is 2.34. The molecule has 1 aromatic rings. The third-order valence-corrected chi connectivity index (χ3v) is 4.03. The van der Waals surface area contributed by atoms with Crippen LogP contribution in [0.2, 0.25) is 0 Å². The molecule has 0 radical (unpaired) electrons. The molecule has 0 fully saturated rings. The Bertz CT molecular complexity index is 443. The minimum absolute atomic E-state index is 0.113. The van der Waals surface area contributed by atoms with Crippen molar-refractivity contribution in [1.29, 1.82) is 0 Å². The lowest BCUT2D eigenvalue weighted by molar-refractivity contribution is -0.155.